The fourth-order valence-electron chi connectivity index (χ4n) is 1.64. The number of aromatic nitrogens is 6. The lowest BCUT2D eigenvalue weighted by molar-refractivity contribution is 0.414. The van der Waals surface area contributed by atoms with Gasteiger partial charge in [0, 0.05) is 12.6 Å². The van der Waals surface area contributed by atoms with Crippen molar-refractivity contribution in [2.75, 3.05) is 7.11 Å². The summed E-state index contributed by atoms with van der Waals surface area (Å²) in [4.78, 5) is 4.35. The molecule has 1 aromatic carbocycles. The normalized spacial score (nSPS) is 10.8. The van der Waals surface area contributed by atoms with Crippen LogP contribution >= 0.6 is 11.8 Å². The maximum absolute atomic E-state index is 5.25. The highest BCUT2D eigenvalue weighted by Gasteiger charge is 2.11. The van der Waals surface area contributed by atoms with Crippen molar-refractivity contribution in [3.8, 4) is 17.2 Å². The zero-order valence-electron chi connectivity index (χ0n) is 11.4. The first-order chi connectivity index (χ1) is 10.3. The van der Waals surface area contributed by atoms with Crippen molar-refractivity contribution in [1.29, 1.82) is 0 Å². The summed E-state index contributed by atoms with van der Waals surface area (Å²) < 4.78 is 12.0. The first kappa shape index (κ1) is 13.6. The Kier molecular flexibility index (Phi) is 3.82. The van der Waals surface area contributed by atoms with E-state index in [0.717, 1.165) is 11.3 Å². The fourth-order valence-corrected chi connectivity index (χ4v) is 2.33. The Hall–Kier alpha value is -2.42. The smallest absolute Gasteiger partial charge is 0.257 e. The highest BCUT2D eigenvalue weighted by molar-refractivity contribution is 7.98. The van der Waals surface area contributed by atoms with Gasteiger partial charge in [0.05, 0.1) is 12.9 Å². The fraction of sp³-hybridized carbons (Fsp3) is 0.250. The summed E-state index contributed by atoms with van der Waals surface area (Å²) in [7, 11) is 3.40. The molecule has 9 heteroatoms. The minimum absolute atomic E-state index is 0.476. The predicted molar refractivity (Wildman–Crippen MR) is 74.6 cm³/mol. The van der Waals surface area contributed by atoms with E-state index in [2.05, 4.69) is 25.7 Å². The van der Waals surface area contributed by atoms with Gasteiger partial charge in [-0.15, -0.1) is 5.10 Å². The molecule has 3 aromatic rings. The summed E-state index contributed by atoms with van der Waals surface area (Å²) in [5, 5.41) is 15.9. The zero-order valence-corrected chi connectivity index (χ0v) is 12.2. The van der Waals surface area contributed by atoms with Gasteiger partial charge in [-0.3, -0.25) is 0 Å². The first-order valence-corrected chi connectivity index (χ1v) is 7.07. The Balaban J connectivity index is 1.69. The Morgan fingerprint density at radius 2 is 2.10 bits per heavy atom. The Labute approximate surface area is 124 Å². The predicted octanol–water partition coefficient (Wildman–Crippen LogP) is 1.56. The van der Waals surface area contributed by atoms with Gasteiger partial charge in [-0.05, 0) is 34.7 Å². The van der Waals surface area contributed by atoms with Gasteiger partial charge in [-0.1, -0.05) is 16.9 Å². The van der Waals surface area contributed by atoms with Crippen LogP contribution in [0.1, 0.15) is 5.82 Å². The number of ether oxygens (including phenoxy) is 1. The molecule has 3 rings (SSSR count). The Morgan fingerprint density at radius 3 is 2.76 bits per heavy atom. The van der Waals surface area contributed by atoms with E-state index in [0.29, 0.717) is 22.6 Å². The molecule has 0 aliphatic heterocycles. The average Bonchev–Trinajstić information content (AvgIpc) is 3.14. The average molecular weight is 304 g/mol. The van der Waals surface area contributed by atoms with Crippen LogP contribution in [-0.4, -0.2) is 37.5 Å². The summed E-state index contributed by atoms with van der Waals surface area (Å²) in [5.41, 5.74) is 0.847. The van der Waals surface area contributed by atoms with Crippen LogP contribution in [0, 0.1) is 0 Å². The van der Waals surface area contributed by atoms with Crippen LogP contribution in [0.5, 0.6) is 5.75 Å². The van der Waals surface area contributed by atoms with Crippen molar-refractivity contribution in [1.82, 2.24) is 30.3 Å². The molecule has 2 aromatic heterocycles. The number of hydrogen-bond donors (Lipinski definition) is 0. The number of tetrazole rings is 1. The molecule has 21 heavy (non-hydrogen) atoms. The molecule has 2 heterocycles. The summed E-state index contributed by atoms with van der Waals surface area (Å²) in [5.74, 6) is 2.38. The van der Waals surface area contributed by atoms with Gasteiger partial charge in [-0.2, -0.15) is 4.98 Å². The van der Waals surface area contributed by atoms with Crippen LogP contribution in [0.15, 0.2) is 33.9 Å². The second-order valence-corrected chi connectivity index (χ2v) is 5.06. The van der Waals surface area contributed by atoms with Crippen molar-refractivity contribution in [2.45, 2.75) is 10.9 Å². The summed E-state index contributed by atoms with van der Waals surface area (Å²) in [6, 6.07) is 7.43. The van der Waals surface area contributed by atoms with Crippen molar-refractivity contribution in [3.63, 3.8) is 0 Å². The van der Waals surface area contributed by atoms with Crippen LogP contribution < -0.4 is 4.74 Å². The van der Waals surface area contributed by atoms with Gasteiger partial charge >= 0.3 is 0 Å². The highest BCUT2D eigenvalue weighted by atomic mass is 32.2. The van der Waals surface area contributed by atoms with E-state index in [-0.39, 0.29) is 0 Å². The Bertz CT molecular complexity index is 723. The molecule has 0 atom stereocenters. The standard InChI is InChI=1S/C12H12N6O2S/c1-18-12(14-16-17-18)21-7-10-13-11(20-15-10)8-3-5-9(19-2)6-4-8/h3-6H,7H2,1-2H3. The summed E-state index contributed by atoms with van der Waals surface area (Å²) >= 11 is 1.44. The maximum atomic E-state index is 5.25. The SMILES string of the molecule is COc1ccc(-c2nc(CSc3nnnn3C)no2)cc1. The van der Waals surface area contributed by atoms with Crippen LogP contribution in [0.3, 0.4) is 0 Å². The van der Waals surface area contributed by atoms with Gasteiger partial charge in [0.1, 0.15) is 5.75 Å². The van der Waals surface area contributed by atoms with Gasteiger partial charge in [0.2, 0.25) is 5.16 Å². The minimum Gasteiger partial charge on any atom is -0.497 e. The number of aryl methyl sites for hydroxylation is 1. The molecule has 108 valence electrons. The molecular formula is C12H12N6O2S. The van der Waals surface area contributed by atoms with Gasteiger partial charge in [-0.25, -0.2) is 4.68 Å². The summed E-state index contributed by atoms with van der Waals surface area (Å²) in [6.07, 6.45) is 0. The maximum Gasteiger partial charge on any atom is 0.257 e. The number of hydrogen-bond acceptors (Lipinski definition) is 8. The van der Waals surface area contributed by atoms with Crippen LogP contribution in [0.2, 0.25) is 0 Å². The molecule has 0 radical (unpaired) electrons. The molecule has 0 N–H and O–H groups in total. The lowest BCUT2D eigenvalue weighted by Crippen LogP contribution is -1.94. The van der Waals surface area contributed by atoms with E-state index < -0.39 is 0 Å². The monoisotopic (exact) mass is 304 g/mol. The van der Waals surface area contributed by atoms with E-state index >= 15 is 0 Å². The summed E-state index contributed by atoms with van der Waals surface area (Å²) in [6.45, 7) is 0. The number of benzene rings is 1. The molecular weight excluding hydrogens is 292 g/mol. The molecule has 0 saturated carbocycles. The molecule has 0 fully saturated rings. The van der Waals surface area contributed by atoms with E-state index in [9.17, 15) is 0 Å². The molecule has 0 bridgehead atoms. The topological polar surface area (TPSA) is 91.8 Å². The van der Waals surface area contributed by atoms with Crippen LogP contribution in [0.4, 0.5) is 0 Å². The van der Waals surface area contributed by atoms with Crippen molar-refractivity contribution in [3.05, 3.63) is 30.1 Å². The molecule has 0 unspecified atom stereocenters. The van der Waals surface area contributed by atoms with E-state index in [1.165, 1.54) is 11.8 Å². The molecule has 0 saturated heterocycles. The quantitative estimate of drug-likeness (QED) is 0.656. The molecule has 8 nitrogen and oxygen atoms in total. The second kappa shape index (κ2) is 5.92. The van der Waals surface area contributed by atoms with E-state index in [1.54, 1.807) is 18.8 Å². The minimum atomic E-state index is 0.476. The molecule has 0 aliphatic rings. The van der Waals surface area contributed by atoms with Gasteiger partial charge in [0.15, 0.2) is 5.82 Å². The van der Waals surface area contributed by atoms with Crippen LogP contribution in [-0.2, 0) is 12.8 Å². The van der Waals surface area contributed by atoms with Crippen LogP contribution in [0.25, 0.3) is 11.5 Å². The molecule has 0 aliphatic carbocycles. The number of rotatable bonds is 5. The number of nitrogens with zero attached hydrogens (tertiary/aromatic N) is 6. The third kappa shape index (κ3) is 3.02. The van der Waals surface area contributed by atoms with E-state index in [4.69, 9.17) is 9.26 Å². The van der Waals surface area contributed by atoms with Gasteiger partial charge < -0.3 is 9.26 Å². The lowest BCUT2D eigenvalue weighted by atomic mass is 10.2. The van der Waals surface area contributed by atoms with Crippen molar-refractivity contribution < 1.29 is 9.26 Å². The third-order valence-corrected chi connectivity index (χ3v) is 3.72. The third-order valence-electron chi connectivity index (χ3n) is 2.72. The van der Waals surface area contributed by atoms with Crippen molar-refractivity contribution in [2.24, 2.45) is 7.05 Å². The lowest BCUT2D eigenvalue weighted by Gasteiger charge is -1.98. The second-order valence-electron chi connectivity index (χ2n) is 4.12. The van der Waals surface area contributed by atoms with Crippen molar-refractivity contribution >= 4 is 11.8 Å². The molecule has 0 amide bonds. The van der Waals surface area contributed by atoms with E-state index in [1.807, 2.05) is 24.3 Å². The Morgan fingerprint density at radius 1 is 1.29 bits per heavy atom. The van der Waals surface area contributed by atoms with Gasteiger partial charge in [0.25, 0.3) is 5.89 Å². The molecule has 0 spiro atoms. The number of methoxy groups -OCH3 is 1. The largest absolute Gasteiger partial charge is 0.497 e. The number of thioether (sulfide) groups is 1. The zero-order chi connectivity index (χ0) is 14.7. The highest BCUT2D eigenvalue weighted by Crippen LogP contribution is 2.23. The first-order valence-electron chi connectivity index (χ1n) is 6.08.